The van der Waals surface area contributed by atoms with Crippen molar-refractivity contribution in [3.63, 3.8) is 0 Å². The summed E-state index contributed by atoms with van der Waals surface area (Å²) in [5.41, 5.74) is 0. The molecule has 3 atom stereocenters. The third kappa shape index (κ3) is 3.23. The molecule has 2 rings (SSSR count). The van der Waals surface area contributed by atoms with Crippen LogP contribution in [-0.4, -0.2) is 45.5 Å². The van der Waals surface area contributed by atoms with Crippen LogP contribution in [0.15, 0.2) is 0 Å². The van der Waals surface area contributed by atoms with E-state index < -0.39 is 0 Å². The summed E-state index contributed by atoms with van der Waals surface area (Å²) in [5.74, 6) is 1.35. The number of hydrogen-bond donors (Lipinski definition) is 1. The number of ether oxygens (including phenoxy) is 1. The summed E-state index contributed by atoms with van der Waals surface area (Å²) in [6.07, 6.45) is 2.30. The number of rotatable bonds is 5. The van der Waals surface area contributed by atoms with E-state index in [1.54, 1.807) is 7.05 Å². The minimum absolute atomic E-state index is 0.371. The lowest BCUT2D eigenvalue weighted by atomic mass is 9.94. The SMILES string of the molecule is CCNC(Cc1nnn(C)n1)C1COC(C)C1. The number of nitrogens with one attached hydrogen (secondary N) is 1. The van der Waals surface area contributed by atoms with Crippen LogP contribution in [0.3, 0.4) is 0 Å². The predicted molar refractivity (Wildman–Crippen MR) is 63.5 cm³/mol. The van der Waals surface area contributed by atoms with Gasteiger partial charge in [0.15, 0.2) is 5.82 Å². The van der Waals surface area contributed by atoms with Gasteiger partial charge in [0.1, 0.15) is 0 Å². The molecule has 17 heavy (non-hydrogen) atoms. The Morgan fingerprint density at radius 1 is 1.59 bits per heavy atom. The van der Waals surface area contributed by atoms with Gasteiger partial charge in [-0.15, -0.1) is 10.2 Å². The molecular weight excluding hydrogens is 218 g/mol. The fourth-order valence-electron chi connectivity index (χ4n) is 2.40. The smallest absolute Gasteiger partial charge is 0.176 e. The Labute approximate surface area is 102 Å². The Morgan fingerprint density at radius 2 is 2.41 bits per heavy atom. The first kappa shape index (κ1) is 12.4. The molecule has 1 fully saturated rings. The van der Waals surface area contributed by atoms with Crippen molar-refractivity contribution in [3.8, 4) is 0 Å². The highest BCUT2D eigenvalue weighted by molar-refractivity contribution is 4.90. The van der Waals surface area contributed by atoms with E-state index >= 15 is 0 Å². The van der Waals surface area contributed by atoms with Gasteiger partial charge in [-0.1, -0.05) is 6.92 Å². The second kappa shape index (κ2) is 5.55. The minimum atomic E-state index is 0.371. The highest BCUT2D eigenvalue weighted by Crippen LogP contribution is 2.23. The van der Waals surface area contributed by atoms with Crippen molar-refractivity contribution in [2.75, 3.05) is 13.2 Å². The molecule has 1 aromatic rings. The number of aryl methyl sites for hydroxylation is 1. The summed E-state index contributed by atoms with van der Waals surface area (Å²) in [7, 11) is 1.79. The van der Waals surface area contributed by atoms with Gasteiger partial charge in [-0.25, -0.2) is 0 Å². The third-order valence-electron chi connectivity index (χ3n) is 3.22. The summed E-state index contributed by atoms with van der Waals surface area (Å²) in [4.78, 5) is 1.51. The molecule has 1 aliphatic rings. The van der Waals surface area contributed by atoms with Crippen LogP contribution in [0.1, 0.15) is 26.1 Å². The molecule has 6 heteroatoms. The monoisotopic (exact) mass is 239 g/mol. The molecule has 6 nitrogen and oxygen atoms in total. The predicted octanol–water partition coefficient (Wildman–Crippen LogP) is 0.156. The van der Waals surface area contributed by atoms with E-state index in [0.717, 1.165) is 31.8 Å². The van der Waals surface area contributed by atoms with E-state index in [0.29, 0.717) is 18.1 Å². The lowest BCUT2D eigenvalue weighted by Crippen LogP contribution is -2.38. The quantitative estimate of drug-likeness (QED) is 0.792. The fraction of sp³-hybridized carbons (Fsp3) is 0.909. The zero-order chi connectivity index (χ0) is 12.3. The van der Waals surface area contributed by atoms with E-state index in [1.807, 2.05) is 0 Å². The van der Waals surface area contributed by atoms with E-state index in [9.17, 15) is 0 Å². The molecule has 0 aromatic carbocycles. The molecule has 0 saturated carbocycles. The number of nitrogens with zero attached hydrogens (tertiary/aromatic N) is 4. The maximum Gasteiger partial charge on any atom is 0.176 e. The van der Waals surface area contributed by atoms with Crippen LogP contribution in [0.4, 0.5) is 0 Å². The Morgan fingerprint density at radius 3 is 2.94 bits per heavy atom. The van der Waals surface area contributed by atoms with Gasteiger partial charge < -0.3 is 10.1 Å². The van der Waals surface area contributed by atoms with Crippen molar-refractivity contribution >= 4 is 0 Å². The fourth-order valence-corrected chi connectivity index (χ4v) is 2.40. The van der Waals surface area contributed by atoms with E-state index in [-0.39, 0.29) is 0 Å². The molecular formula is C11H21N5O. The summed E-state index contributed by atoms with van der Waals surface area (Å²) in [6, 6.07) is 0.383. The first-order chi connectivity index (χ1) is 8.19. The topological polar surface area (TPSA) is 64.9 Å². The minimum Gasteiger partial charge on any atom is -0.378 e. The molecule has 2 heterocycles. The number of likely N-dealkylation sites (N-methyl/N-ethyl adjacent to an activating group) is 1. The molecule has 1 N–H and O–H groups in total. The van der Waals surface area contributed by atoms with Gasteiger partial charge in [0.25, 0.3) is 0 Å². The summed E-state index contributed by atoms with van der Waals surface area (Å²) < 4.78 is 5.63. The van der Waals surface area contributed by atoms with Crippen molar-refractivity contribution in [2.24, 2.45) is 13.0 Å². The van der Waals surface area contributed by atoms with Crippen molar-refractivity contribution < 1.29 is 4.74 Å². The van der Waals surface area contributed by atoms with Gasteiger partial charge in [0.2, 0.25) is 0 Å². The lowest BCUT2D eigenvalue weighted by molar-refractivity contribution is 0.117. The Balaban J connectivity index is 1.97. The Bertz CT molecular complexity index is 353. The zero-order valence-corrected chi connectivity index (χ0v) is 10.8. The molecule has 0 bridgehead atoms. The number of tetrazole rings is 1. The van der Waals surface area contributed by atoms with Crippen LogP contribution in [0, 0.1) is 5.92 Å². The second-order valence-corrected chi connectivity index (χ2v) is 4.70. The van der Waals surface area contributed by atoms with Crippen LogP contribution in [0.25, 0.3) is 0 Å². The standard InChI is InChI=1S/C11H21N5O/c1-4-12-10(9-5-8(2)17-7-9)6-11-13-15-16(3)14-11/h8-10,12H,4-7H2,1-3H3. The van der Waals surface area contributed by atoms with E-state index in [1.165, 1.54) is 4.80 Å². The number of hydrogen-bond acceptors (Lipinski definition) is 5. The Kier molecular flexibility index (Phi) is 4.06. The maximum absolute atomic E-state index is 5.63. The van der Waals surface area contributed by atoms with E-state index in [4.69, 9.17) is 4.74 Å². The molecule has 1 saturated heterocycles. The van der Waals surface area contributed by atoms with Gasteiger partial charge in [0.05, 0.1) is 19.8 Å². The zero-order valence-electron chi connectivity index (χ0n) is 10.8. The molecule has 0 radical (unpaired) electrons. The molecule has 3 unspecified atom stereocenters. The highest BCUT2D eigenvalue weighted by atomic mass is 16.5. The average Bonchev–Trinajstić information content (AvgIpc) is 2.87. The first-order valence-electron chi connectivity index (χ1n) is 6.27. The van der Waals surface area contributed by atoms with Crippen molar-refractivity contribution in [1.82, 2.24) is 25.5 Å². The van der Waals surface area contributed by atoms with Crippen LogP contribution in [-0.2, 0) is 18.2 Å². The molecule has 0 spiro atoms. The molecule has 96 valence electrons. The maximum atomic E-state index is 5.63. The highest BCUT2D eigenvalue weighted by Gasteiger charge is 2.30. The van der Waals surface area contributed by atoms with Gasteiger partial charge in [0, 0.05) is 18.4 Å². The third-order valence-corrected chi connectivity index (χ3v) is 3.22. The molecule has 1 aliphatic heterocycles. The van der Waals surface area contributed by atoms with Gasteiger partial charge in [-0.2, -0.15) is 4.80 Å². The summed E-state index contributed by atoms with van der Waals surface area (Å²) in [6.45, 7) is 6.04. The van der Waals surface area contributed by atoms with Crippen LogP contribution in [0.5, 0.6) is 0 Å². The van der Waals surface area contributed by atoms with Crippen molar-refractivity contribution in [3.05, 3.63) is 5.82 Å². The van der Waals surface area contributed by atoms with Crippen molar-refractivity contribution in [2.45, 2.75) is 38.8 Å². The first-order valence-corrected chi connectivity index (χ1v) is 6.27. The lowest BCUT2D eigenvalue weighted by Gasteiger charge is -2.21. The van der Waals surface area contributed by atoms with Gasteiger partial charge in [-0.05, 0) is 25.1 Å². The normalized spacial score (nSPS) is 26.3. The second-order valence-electron chi connectivity index (χ2n) is 4.70. The molecule has 1 aromatic heterocycles. The number of aromatic nitrogens is 4. The largest absolute Gasteiger partial charge is 0.378 e. The van der Waals surface area contributed by atoms with Crippen LogP contribution in [0.2, 0.25) is 0 Å². The van der Waals surface area contributed by atoms with Crippen molar-refractivity contribution in [1.29, 1.82) is 0 Å². The summed E-state index contributed by atoms with van der Waals surface area (Å²) in [5, 5.41) is 15.7. The van der Waals surface area contributed by atoms with Crippen LogP contribution >= 0.6 is 0 Å². The summed E-state index contributed by atoms with van der Waals surface area (Å²) >= 11 is 0. The molecule has 0 amide bonds. The van der Waals surface area contributed by atoms with Gasteiger partial charge >= 0.3 is 0 Å². The average molecular weight is 239 g/mol. The van der Waals surface area contributed by atoms with Crippen LogP contribution < -0.4 is 5.32 Å². The van der Waals surface area contributed by atoms with E-state index in [2.05, 4.69) is 34.6 Å². The molecule has 0 aliphatic carbocycles. The Hall–Kier alpha value is -1.01. The van der Waals surface area contributed by atoms with Gasteiger partial charge in [-0.3, -0.25) is 0 Å².